The minimum atomic E-state index is 0.802. The van der Waals surface area contributed by atoms with Crippen molar-refractivity contribution in [3.63, 3.8) is 0 Å². The van der Waals surface area contributed by atoms with Crippen LogP contribution in [-0.4, -0.2) is 24.5 Å². The fourth-order valence-electron chi connectivity index (χ4n) is 0.790. The Balaban J connectivity index is 2.60. The van der Waals surface area contributed by atoms with Crippen molar-refractivity contribution in [1.82, 2.24) is 5.16 Å². The molecule has 0 aliphatic carbocycles. The van der Waals surface area contributed by atoms with E-state index in [0.717, 1.165) is 23.9 Å². The standard InChI is InChI=1S/C7H12N2OS/c1-6-5-7(10-8-6)9(2)3-4-11/h5,11H,3-4H2,1-2H3. The molecule has 3 nitrogen and oxygen atoms in total. The molecule has 0 spiro atoms. The Labute approximate surface area is 71.8 Å². The van der Waals surface area contributed by atoms with Crippen LogP contribution in [0.1, 0.15) is 5.69 Å². The Morgan fingerprint density at radius 1 is 1.73 bits per heavy atom. The Bertz CT molecular complexity index is 224. The molecule has 0 saturated heterocycles. The van der Waals surface area contributed by atoms with E-state index >= 15 is 0 Å². The number of thiol groups is 1. The summed E-state index contributed by atoms with van der Waals surface area (Å²) in [4.78, 5) is 1.98. The van der Waals surface area contributed by atoms with Crippen molar-refractivity contribution < 1.29 is 4.52 Å². The summed E-state index contributed by atoms with van der Waals surface area (Å²) in [6.07, 6.45) is 0. The first-order chi connectivity index (χ1) is 5.24. The molecule has 0 amide bonds. The van der Waals surface area contributed by atoms with Gasteiger partial charge in [-0.05, 0) is 6.92 Å². The molecule has 0 aliphatic rings. The maximum atomic E-state index is 5.02. The Kier molecular flexibility index (Phi) is 2.82. The van der Waals surface area contributed by atoms with E-state index in [2.05, 4.69) is 17.8 Å². The summed E-state index contributed by atoms with van der Waals surface area (Å²) in [6.45, 7) is 2.78. The summed E-state index contributed by atoms with van der Waals surface area (Å²) in [5.74, 6) is 1.62. The van der Waals surface area contributed by atoms with Crippen LogP contribution in [0.25, 0.3) is 0 Å². The lowest BCUT2D eigenvalue weighted by Gasteiger charge is -2.11. The third-order valence-corrected chi connectivity index (χ3v) is 1.63. The summed E-state index contributed by atoms with van der Waals surface area (Å²) in [5, 5.41) is 3.78. The van der Waals surface area contributed by atoms with Crippen molar-refractivity contribution in [2.24, 2.45) is 0 Å². The van der Waals surface area contributed by atoms with Gasteiger partial charge in [-0.2, -0.15) is 12.6 Å². The molecule has 1 aromatic heterocycles. The Morgan fingerprint density at radius 3 is 2.91 bits per heavy atom. The molecule has 1 aromatic rings. The molecule has 1 rings (SSSR count). The summed E-state index contributed by atoms with van der Waals surface area (Å²) < 4.78 is 5.02. The third-order valence-electron chi connectivity index (χ3n) is 1.43. The predicted molar refractivity (Wildman–Crippen MR) is 48.4 cm³/mol. The number of anilines is 1. The lowest BCUT2D eigenvalue weighted by Crippen LogP contribution is -2.18. The van der Waals surface area contributed by atoms with Gasteiger partial charge in [-0.25, -0.2) is 0 Å². The summed E-state index contributed by atoms with van der Waals surface area (Å²) in [6, 6.07) is 1.91. The van der Waals surface area contributed by atoms with Gasteiger partial charge in [0.05, 0.1) is 5.69 Å². The van der Waals surface area contributed by atoms with Crippen LogP contribution in [-0.2, 0) is 0 Å². The minimum Gasteiger partial charge on any atom is -0.343 e. The highest BCUT2D eigenvalue weighted by molar-refractivity contribution is 7.80. The van der Waals surface area contributed by atoms with Gasteiger partial charge in [0.1, 0.15) is 0 Å². The van der Waals surface area contributed by atoms with Crippen LogP contribution in [0, 0.1) is 6.92 Å². The highest BCUT2D eigenvalue weighted by Crippen LogP contribution is 2.12. The number of nitrogens with zero attached hydrogens (tertiary/aromatic N) is 2. The van der Waals surface area contributed by atoms with Crippen molar-refractivity contribution >= 4 is 18.5 Å². The maximum Gasteiger partial charge on any atom is 0.227 e. The van der Waals surface area contributed by atoms with Gasteiger partial charge >= 0.3 is 0 Å². The fraction of sp³-hybridized carbons (Fsp3) is 0.571. The topological polar surface area (TPSA) is 29.3 Å². The monoisotopic (exact) mass is 172 g/mol. The van der Waals surface area contributed by atoms with Crippen LogP contribution in [0.3, 0.4) is 0 Å². The number of hydrogen-bond donors (Lipinski definition) is 1. The quantitative estimate of drug-likeness (QED) is 0.698. The van der Waals surface area contributed by atoms with E-state index in [9.17, 15) is 0 Å². The molecule has 0 fully saturated rings. The molecule has 0 unspecified atom stereocenters. The summed E-state index contributed by atoms with van der Waals surface area (Å²) in [7, 11) is 1.95. The smallest absolute Gasteiger partial charge is 0.227 e. The molecule has 0 radical (unpaired) electrons. The number of aromatic nitrogens is 1. The zero-order chi connectivity index (χ0) is 8.27. The van der Waals surface area contributed by atoms with E-state index in [0.29, 0.717) is 0 Å². The van der Waals surface area contributed by atoms with Gasteiger partial charge in [-0.15, -0.1) is 0 Å². The molecule has 0 N–H and O–H groups in total. The van der Waals surface area contributed by atoms with Gasteiger partial charge in [-0.3, -0.25) is 0 Å². The van der Waals surface area contributed by atoms with E-state index in [4.69, 9.17) is 4.52 Å². The third kappa shape index (κ3) is 2.15. The zero-order valence-corrected chi connectivity index (χ0v) is 7.64. The van der Waals surface area contributed by atoms with Crippen molar-refractivity contribution in [3.05, 3.63) is 11.8 Å². The van der Waals surface area contributed by atoms with Gasteiger partial charge in [0.2, 0.25) is 5.88 Å². The number of aryl methyl sites for hydroxylation is 1. The maximum absolute atomic E-state index is 5.02. The Morgan fingerprint density at radius 2 is 2.45 bits per heavy atom. The van der Waals surface area contributed by atoms with Crippen LogP contribution < -0.4 is 4.90 Å². The number of hydrogen-bond acceptors (Lipinski definition) is 4. The van der Waals surface area contributed by atoms with Gasteiger partial charge in [-0.1, -0.05) is 5.16 Å². The van der Waals surface area contributed by atoms with Crippen LogP contribution in [0.15, 0.2) is 10.6 Å². The van der Waals surface area contributed by atoms with Gasteiger partial charge < -0.3 is 9.42 Å². The average molecular weight is 172 g/mol. The van der Waals surface area contributed by atoms with E-state index in [1.807, 2.05) is 24.9 Å². The first-order valence-electron chi connectivity index (χ1n) is 3.49. The molecular weight excluding hydrogens is 160 g/mol. The van der Waals surface area contributed by atoms with E-state index in [-0.39, 0.29) is 0 Å². The molecule has 11 heavy (non-hydrogen) atoms. The summed E-state index contributed by atoms with van der Waals surface area (Å²) >= 11 is 4.11. The van der Waals surface area contributed by atoms with E-state index in [1.54, 1.807) is 0 Å². The van der Waals surface area contributed by atoms with Gasteiger partial charge in [0, 0.05) is 25.4 Å². The van der Waals surface area contributed by atoms with Crippen LogP contribution in [0.2, 0.25) is 0 Å². The van der Waals surface area contributed by atoms with E-state index < -0.39 is 0 Å². The molecule has 0 bridgehead atoms. The van der Waals surface area contributed by atoms with Crippen molar-refractivity contribution in [2.75, 3.05) is 24.2 Å². The van der Waals surface area contributed by atoms with Crippen LogP contribution in [0.5, 0.6) is 0 Å². The predicted octanol–water partition coefficient (Wildman–Crippen LogP) is 1.35. The lowest BCUT2D eigenvalue weighted by atomic mass is 10.4. The molecule has 4 heteroatoms. The van der Waals surface area contributed by atoms with Crippen molar-refractivity contribution in [2.45, 2.75) is 6.92 Å². The second kappa shape index (κ2) is 3.67. The fourth-order valence-corrected chi connectivity index (χ4v) is 1.09. The zero-order valence-electron chi connectivity index (χ0n) is 6.74. The molecule has 0 saturated carbocycles. The average Bonchev–Trinajstić information content (AvgIpc) is 2.36. The minimum absolute atomic E-state index is 0.802. The SMILES string of the molecule is Cc1cc(N(C)CCS)on1. The molecule has 0 aliphatic heterocycles. The normalized spacial score (nSPS) is 10.1. The molecule has 62 valence electrons. The molecule has 0 atom stereocenters. The lowest BCUT2D eigenvalue weighted by molar-refractivity contribution is 0.416. The largest absolute Gasteiger partial charge is 0.343 e. The molecule has 1 heterocycles. The van der Waals surface area contributed by atoms with Gasteiger partial charge in [0.25, 0.3) is 0 Å². The van der Waals surface area contributed by atoms with Crippen molar-refractivity contribution in [3.8, 4) is 0 Å². The second-order valence-corrected chi connectivity index (χ2v) is 2.90. The van der Waals surface area contributed by atoms with Gasteiger partial charge in [0.15, 0.2) is 0 Å². The van der Waals surface area contributed by atoms with Crippen LogP contribution in [0.4, 0.5) is 5.88 Å². The number of rotatable bonds is 3. The first-order valence-corrected chi connectivity index (χ1v) is 4.12. The summed E-state index contributed by atoms with van der Waals surface area (Å²) in [5.41, 5.74) is 0.908. The van der Waals surface area contributed by atoms with Crippen LogP contribution >= 0.6 is 12.6 Å². The first kappa shape index (κ1) is 8.46. The van der Waals surface area contributed by atoms with E-state index in [1.165, 1.54) is 0 Å². The second-order valence-electron chi connectivity index (χ2n) is 2.45. The van der Waals surface area contributed by atoms with Crippen molar-refractivity contribution in [1.29, 1.82) is 0 Å². The Hall–Kier alpha value is -0.640. The highest BCUT2D eigenvalue weighted by atomic mass is 32.1. The highest BCUT2D eigenvalue weighted by Gasteiger charge is 2.04. The molecular formula is C7H12N2OS. The molecule has 0 aromatic carbocycles.